The lowest BCUT2D eigenvalue weighted by Crippen LogP contribution is -2.35. The lowest BCUT2D eigenvalue weighted by Gasteiger charge is -2.22. The van der Waals surface area contributed by atoms with Crippen molar-refractivity contribution in [3.05, 3.63) is 35.4 Å². The summed E-state index contributed by atoms with van der Waals surface area (Å²) in [5, 5.41) is 0. The van der Waals surface area contributed by atoms with Gasteiger partial charge in [-0.25, -0.2) is 0 Å². The summed E-state index contributed by atoms with van der Waals surface area (Å²) < 4.78 is 5.11. The van der Waals surface area contributed by atoms with E-state index in [0.717, 1.165) is 17.5 Å². The van der Waals surface area contributed by atoms with Gasteiger partial charge in [-0.2, -0.15) is 0 Å². The van der Waals surface area contributed by atoms with Crippen LogP contribution in [0.15, 0.2) is 24.3 Å². The zero-order valence-corrected chi connectivity index (χ0v) is 17.1. The lowest BCUT2D eigenvalue weighted by atomic mass is 9.92. The van der Waals surface area contributed by atoms with Crippen molar-refractivity contribution in [1.29, 1.82) is 0 Å². The van der Waals surface area contributed by atoms with Crippen molar-refractivity contribution >= 4 is 0 Å². The summed E-state index contributed by atoms with van der Waals surface area (Å²) >= 11 is 0. The van der Waals surface area contributed by atoms with E-state index < -0.39 is 0 Å². The zero-order chi connectivity index (χ0) is 20.7. The first kappa shape index (κ1) is 25.9. The summed E-state index contributed by atoms with van der Waals surface area (Å²) in [5.74, 6) is 0. The molecule has 0 aromatic heterocycles. The molecule has 4 unspecified atom stereocenters. The quantitative estimate of drug-likeness (QED) is 0.417. The van der Waals surface area contributed by atoms with Gasteiger partial charge in [0.15, 0.2) is 0 Å². The van der Waals surface area contributed by atoms with Crippen molar-refractivity contribution in [2.24, 2.45) is 34.4 Å². The highest BCUT2D eigenvalue weighted by Gasteiger charge is 2.14. The highest BCUT2D eigenvalue weighted by atomic mass is 16.5. The molecular formula is C20H42N6O. The second kappa shape index (κ2) is 15.9. The van der Waals surface area contributed by atoms with Gasteiger partial charge >= 0.3 is 0 Å². The number of hydrogen-bond acceptors (Lipinski definition) is 7. The van der Waals surface area contributed by atoms with Crippen LogP contribution in [0, 0.1) is 0 Å². The second-order valence-electron chi connectivity index (χ2n) is 7.41. The Labute approximate surface area is 165 Å². The van der Waals surface area contributed by atoms with Gasteiger partial charge in [-0.1, -0.05) is 30.7 Å². The molecule has 0 heterocycles. The predicted molar refractivity (Wildman–Crippen MR) is 115 cm³/mol. The third-order valence-electron chi connectivity index (χ3n) is 3.98. The van der Waals surface area contributed by atoms with Crippen LogP contribution in [0.2, 0.25) is 0 Å². The lowest BCUT2D eigenvalue weighted by molar-refractivity contribution is 0.115. The number of hydrogen-bond donors (Lipinski definition) is 6. The van der Waals surface area contributed by atoms with Gasteiger partial charge in [-0.15, -0.1) is 0 Å². The fourth-order valence-corrected chi connectivity index (χ4v) is 2.59. The van der Waals surface area contributed by atoms with Gasteiger partial charge < -0.3 is 39.1 Å². The Hall–Kier alpha value is -1.06. The third-order valence-corrected chi connectivity index (χ3v) is 3.98. The minimum Gasteiger partial charge on any atom is -0.378 e. The van der Waals surface area contributed by atoms with E-state index in [2.05, 4.69) is 0 Å². The van der Waals surface area contributed by atoms with Crippen molar-refractivity contribution in [3.8, 4) is 0 Å². The molecule has 7 nitrogen and oxygen atoms in total. The molecule has 0 amide bonds. The smallest absolute Gasteiger partial charge is 0.0615 e. The normalized spacial score (nSPS) is 21.2. The van der Waals surface area contributed by atoms with Crippen LogP contribution in [0.25, 0.3) is 0 Å². The van der Waals surface area contributed by atoms with E-state index in [-0.39, 0.29) is 12.1 Å². The molecule has 0 aliphatic heterocycles. The van der Waals surface area contributed by atoms with E-state index in [4.69, 9.17) is 39.1 Å². The highest BCUT2D eigenvalue weighted by Crippen LogP contribution is 2.14. The first-order valence-corrected chi connectivity index (χ1v) is 9.86. The number of ether oxygens (including phenoxy) is 1. The van der Waals surface area contributed by atoms with E-state index in [1.807, 2.05) is 38.1 Å². The predicted octanol–water partition coefficient (Wildman–Crippen LogP) is 0.516. The van der Waals surface area contributed by atoms with Crippen LogP contribution in [0.3, 0.4) is 0 Å². The third kappa shape index (κ3) is 15.7. The SMILES string of the molecule is CC(N)COCC(C)N.NC1CCCC(N)C1.NCc1cccc(CN)c1. The zero-order valence-electron chi connectivity index (χ0n) is 17.1. The molecule has 158 valence electrons. The molecule has 0 saturated heterocycles. The van der Waals surface area contributed by atoms with Crippen LogP contribution in [-0.4, -0.2) is 37.4 Å². The van der Waals surface area contributed by atoms with Gasteiger partial charge in [-0.3, -0.25) is 0 Å². The van der Waals surface area contributed by atoms with Crippen molar-refractivity contribution < 1.29 is 4.74 Å². The molecule has 4 atom stereocenters. The van der Waals surface area contributed by atoms with E-state index in [0.29, 0.717) is 38.4 Å². The standard InChI is InChI=1S/C8H12N2.C6H16N2O.C6H14N2/c9-5-7-2-1-3-8(4-7)6-10;1-5(7)3-9-4-6(2)8;7-5-2-1-3-6(8)4-5/h1-4H,5-6,9-10H2;5-6H,3-4,7-8H2,1-2H3;5-6H,1-4,7-8H2. The van der Waals surface area contributed by atoms with Crippen molar-refractivity contribution in [1.82, 2.24) is 0 Å². The maximum atomic E-state index is 5.65. The van der Waals surface area contributed by atoms with E-state index in [1.54, 1.807) is 0 Å². The molecule has 1 saturated carbocycles. The molecule has 1 aromatic carbocycles. The van der Waals surface area contributed by atoms with Gasteiger partial charge in [0.1, 0.15) is 0 Å². The number of nitrogens with two attached hydrogens (primary N) is 6. The molecular weight excluding hydrogens is 340 g/mol. The Morgan fingerprint density at radius 1 is 0.926 bits per heavy atom. The average Bonchev–Trinajstić information content (AvgIpc) is 2.62. The summed E-state index contributed by atoms with van der Waals surface area (Å²) in [5.41, 5.74) is 35.3. The summed E-state index contributed by atoms with van der Waals surface area (Å²) in [4.78, 5) is 0. The molecule has 1 aliphatic rings. The average molecular weight is 383 g/mol. The Bertz CT molecular complexity index is 434. The molecule has 12 N–H and O–H groups in total. The van der Waals surface area contributed by atoms with Crippen LogP contribution in [0.5, 0.6) is 0 Å². The topological polar surface area (TPSA) is 165 Å². The summed E-state index contributed by atoms with van der Waals surface area (Å²) in [7, 11) is 0. The fraction of sp³-hybridized carbons (Fsp3) is 0.700. The molecule has 0 radical (unpaired) electrons. The van der Waals surface area contributed by atoms with Gasteiger partial charge in [-0.05, 0) is 44.2 Å². The van der Waals surface area contributed by atoms with E-state index >= 15 is 0 Å². The van der Waals surface area contributed by atoms with Crippen molar-refractivity contribution in [2.45, 2.75) is 76.8 Å². The summed E-state index contributed by atoms with van der Waals surface area (Å²) in [6, 6.07) is 9.01. The first-order valence-electron chi connectivity index (χ1n) is 9.86. The summed E-state index contributed by atoms with van der Waals surface area (Å²) in [6.45, 7) is 6.19. The molecule has 0 spiro atoms. The molecule has 7 heteroatoms. The maximum absolute atomic E-state index is 5.65. The Kier molecular flexibility index (Phi) is 15.3. The first-order chi connectivity index (χ1) is 12.8. The largest absolute Gasteiger partial charge is 0.378 e. The molecule has 2 rings (SSSR count). The van der Waals surface area contributed by atoms with Gasteiger partial charge in [0, 0.05) is 37.3 Å². The minimum atomic E-state index is 0.115. The Morgan fingerprint density at radius 2 is 1.37 bits per heavy atom. The number of rotatable bonds is 6. The molecule has 0 bridgehead atoms. The Balaban J connectivity index is 0.000000378. The number of benzene rings is 1. The molecule has 1 fully saturated rings. The second-order valence-corrected chi connectivity index (χ2v) is 7.41. The van der Waals surface area contributed by atoms with E-state index in [9.17, 15) is 0 Å². The van der Waals surface area contributed by atoms with Crippen LogP contribution in [-0.2, 0) is 17.8 Å². The van der Waals surface area contributed by atoms with E-state index in [1.165, 1.54) is 19.3 Å². The molecule has 27 heavy (non-hydrogen) atoms. The van der Waals surface area contributed by atoms with Crippen molar-refractivity contribution in [3.63, 3.8) is 0 Å². The van der Waals surface area contributed by atoms with Crippen LogP contribution >= 0.6 is 0 Å². The van der Waals surface area contributed by atoms with Crippen LogP contribution < -0.4 is 34.4 Å². The van der Waals surface area contributed by atoms with Crippen LogP contribution in [0.1, 0.15) is 50.7 Å². The van der Waals surface area contributed by atoms with Gasteiger partial charge in [0.05, 0.1) is 13.2 Å². The summed E-state index contributed by atoms with van der Waals surface area (Å²) in [6.07, 6.45) is 4.60. The van der Waals surface area contributed by atoms with Crippen LogP contribution in [0.4, 0.5) is 0 Å². The molecule has 1 aliphatic carbocycles. The van der Waals surface area contributed by atoms with Gasteiger partial charge in [0.2, 0.25) is 0 Å². The molecule has 1 aromatic rings. The van der Waals surface area contributed by atoms with Gasteiger partial charge in [0.25, 0.3) is 0 Å². The minimum absolute atomic E-state index is 0.115. The Morgan fingerprint density at radius 3 is 1.67 bits per heavy atom. The highest BCUT2D eigenvalue weighted by molar-refractivity contribution is 5.22. The monoisotopic (exact) mass is 382 g/mol. The maximum Gasteiger partial charge on any atom is 0.0615 e. The fourth-order valence-electron chi connectivity index (χ4n) is 2.59. The van der Waals surface area contributed by atoms with Crippen molar-refractivity contribution in [2.75, 3.05) is 13.2 Å².